The maximum absolute atomic E-state index is 12.6. The number of rotatable bonds is 2. The summed E-state index contributed by atoms with van der Waals surface area (Å²) < 4.78 is 6.60. The third kappa shape index (κ3) is 4.05. The van der Waals surface area contributed by atoms with E-state index >= 15 is 0 Å². The molecule has 0 unspecified atom stereocenters. The van der Waals surface area contributed by atoms with Crippen LogP contribution in [0.3, 0.4) is 0 Å². The van der Waals surface area contributed by atoms with Gasteiger partial charge in [0.15, 0.2) is 0 Å². The van der Waals surface area contributed by atoms with E-state index in [1.54, 1.807) is 4.90 Å². The van der Waals surface area contributed by atoms with E-state index in [2.05, 4.69) is 54.6 Å². The molecular weight excluding hydrogens is 515 g/mol. The van der Waals surface area contributed by atoms with Gasteiger partial charge in [0.1, 0.15) is 5.60 Å². The van der Waals surface area contributed by atoms with Crippen molar-refractivity contribution in [3.8, 4) is 11.1 Å². The molecule has 0 saturated heterocycles. The van der Waals surface area contributed by atoms with E-state index in [9.17, 15) is 9.59 Å². The number of nitrogens with two attached hydrogens (primary N) is 1. The fourth-order valence-electron chi connectivity index (χ4n) is 4.71. The minimum absolute atomic E-state index is 0.274. The average molecular weight is 544 g/mol. The van der Waals surface area contributed by atoms with E-state index in [0.29, 0.717) is 18.7 Å². The fraction of sp³-hybridized carbons (Fsp3) is 0.385. The van der Waals surface area contributed by atoms with Crippen molar-refractivity contribution in [3.63, 3.8) is 0 Å². The summed E-state index contributed by atoms with van der Waals surface area (Å²) in [5.41, 5.74) is 15.2. The van der Waals surface area contributed by atoms with Gasteiger partial charge in [-0.1, -0.05) is 23.8 Å². The summed E-state index contributed by atoms with van der Waals surface area (Å²) in [5, 5.41) is 0. The molecule has 0 bridgehead atoms. The SMILES string of the molecule is CC1=C(C)c2c(c(C(N)=O)cc(I)c2-c2cccc3c2CCN(C(=O)OC(C)(C)C)C3)C1. The number of fused-ring (bicyclic) bond motifs is 2. The third-order valence-corrected chi connectivity index (χ3v) is 7.15. The van der Waals surface area contributed by atoms with Crippen LogP contribution in [0.4, 0.5) is 4.79 Å². The summed E-state index contributed by atoms with van der Waals surface area (Å²) in [6.45, 7) is 11.1. The van der Waals surface area contributed by atoms with Gasteiger partial charge in [-0.05, 0) is 110 Å². The molecule has 6 heteroatoms. The number of benzene rings is 2. The number of primary amides is 1. The molecule has 2 N–H and O–H groups in total. The minimum Gasteiger partial charge on any atom is -0.444 e. The molecule has 1 aliphatic carbocycles. The van der Waals surface area contributed by atoms with Crippen molar-refractivity contribution < 1.29 is 14.3 Å². The number of allylic oxidation sites excluding steroid dienone is 2. The van der Waals surface area contributed by atoms with Gasteiger partial charge in [0, 0.05) is 27.8 Å². The van der Waals surface area contributed by atoms with Crippen molar-refractivity contribution in [1.29, 1.82) is 0 Å². The molecule has 0 aromatic heterocycles. The van der Waals surface area contributed by atoms with E-state index in [4.69, 9.17) is 10.5 Å². The lowest BCUT2D eigenvalue weighted by Gasteiger charge is -2.32. The topological polar surface area (TPSA) is 72.6 Å². The second kappa shape index (κ2) is 8.21. The van der Waals surface area contributed by atoms with Crippen LogP contribution in [-0.4, -0.2) is 29.0 Å². The van der Waals surface area contributed by atoms with Crippen LogP contribution in [0, 0.1) is 3.57 Å². The predicted octanol–water partition coefficient (Wildman–Crippen LogP) is 5.70. The van der Waals surface area contributed by atoms with Crippen molar-refractivity contribution in [2.75, 3.05) is 6.54 Å². The number of amides is 2. The average Bonchev–Trinajstić information content (AvgIpc) is 3.00. The van der Waals surface area contributed by atoms with Gasteiger partial charge < -0.3 is 15.4 Å². The van der Waals surface area contributed by atoms with Gasteiger partial charge in [0.25, 0.3) is 0 Å². The molecule has 168 valence electrons. The number of carbonyl (C=O) groups is 2. The summed E-state index contributed by atoms with van der Waals surface area (Å²) in [5.74, 6) is -0.378. The van der Waals surface area contributed by atoms with Gasteiger partial charge in [0.05, 0.1) is 0 Å². The van der Waals surface area contributed by atoms with Crippen molar-refractivity contribution >= 4 is 40.2 Å². The Labute approximate surface area is 203 Å². The number of ether oxygens (including phenoxy) is 1. The monoisotopic (exact) mass is 544 g/mol. The Hall–Kier alpha value is -2.35. The van der Waals surface area contributed by atoms with Gasteiger partial charge in [-0.3, -0.25) is 4.79 Å². The number of hydrogen-bond donors (Lipinski definition) is 1. The molecule has 2 aliphatic rings. The minimum atomic E-state index is -0.514. The number of halogens is 1. The van der Waals surface area contributed by atoms with E-state index in [-0.39, 0.29) is 12.0 Å². The van der Waals surface area contributed by atoms with Crippen LogP contribution in [0.1, 0.15) is 67.2 Å². The fourth-order valence-corrected chi connectivity index (χ4v) is 5.58. The van der Waals surface area contributed by atoms with E-state index < -0.39 is 5.60 Å². The quantitative estimate of drug-likeness (QED) is 0.494. The summed E-state index contributed by atoms with van der Waals surface area (Å²) in [6.07, 6.45) is 1.24. The highest BCUT2D eigenvalue weighted by Gasteiger charge is 2.31. The zero-order valence-electron chi connectivity index (χ0n) is 19.3. The molecular formula is C26H29IN2O3. The number of carbonyl (C=O) groups excluding carboxylic acids is 2. The maximum atomic E-state index is 12.6. The molecule has 5 nitrogen and oxygen atoms in total. The third-order valence-electron chi connectivity index (χ3n) is 6.30. The Balaban J connectivity index is 1.80. The van der Waals surface area contributed by atoms with E-state index in [1.807, 2.05) is 26.8 Å². The van der Waals surface area contributed by atoms with Crippen LogP contribution in [0.25, 0.3) is 16.7 Å². The second-order valence-electron chi connectivity index (χ2n) is 9.68. The molecule has 2 aromatic rings. The van der Waals surface area contributed by atoms with Crippen molar-refractivity contribution in [1.82, 2.24) is 4.90 Å². The van der Waals surface area contributed by atoms with Crippen LogP contribution in [0.5, 0.6) is 0 Å². The Kier molecular flexibility index (Phi) is 5.86. The van der Waals surface area contributed by atoms with Crippen LogP contribution in [0.2, 0.25) is 0 Å². The normalized spacial score (nSPS) is 15.5. The predicted molar refractivity (Wildman–Crippen MR) is 135 cm³/mol. The van der Waals surface area contributed by atoms with Crippen LogP contribution < -0.4 is 5.73 Å². The summed E-state index contributed by atoms with van der Waals surface area (Å²) in [6, 6.07) is 8.23. The van der Waals surface area contributed by atoms with Gasteiger partial charge >= 0.3 is 6.09 Å². The van der Waals surface area contributed by atoms with Gasteiger partial charge in [-0.15, -0.1) is 0 Å². The van der Waals surface area contributed by atoms with Crippen molar-refractivity contribution in [2.24, 2.45) is 5.73 Å². The Bertz CT molecular complexity index is 1170. The Morgan fingerprint density at radius 2 is 1.84 bits per heavy atom. The van der Waals surface area contributed by atoms with Crippen molar-refractivity contribution in [2.45, 2.75) is 59.6 Å². The molecule has 4 rings (SSSR count). The number of nitrogens with zero attached hydrogens (tertiary/aromatic N) is 1. The lowest BCUT2D eigenvalue weighted by atomic mass is 9.85. The zero-order chi connectivity index (χ0) is 23.4. The van der Waals surface area contributed by atoms with Gasteiger partial charge in [0.2, 0.25) is 5.91 Å². The molecule has 2 amide bonds. The highest BCUT2D eigenvalue weighted by atomic mass is 127. The molecule has 0 spiro atoms. The highest BCUT2D eigenvalue weighted by Crippen LogP contribution is 2.45. The molecule has 32 heavy (non-hydrogen) atoms. The first kappa shape index (κ1) is 22.8. The summed E-state index contributed by atoms with van der Waals surface area (Å²) >= 11 is 2.32. The molecule has 0 fully saturated rings. The molecule has 2 aromatic carbocycles. The summed E-state index contributed by atoms with van der Waals surface area (Å²) in [7, 11) is 0. The lowest BCUT2D eigenvalue weighted by Crippen LogP contribution is -2.40. The molecule has 0 radical (unpaired) electrons. The first-order valence-corrected chi connectivity index (χ1v) is 12.0. The highest BCUT2D eigenvalue weighted by molar-refractivity contribution is 14.1. The van der Waals surface area contributed by atoms with Crippen molar-refractivity contribution in [3.05, 3.63) is 61.2 Å². The van der Waals surface area contributed by atoms with Gasteiger partial charge in [-0.25, -0.2) is 4.79 Å². The first-order valence-electron chi connectivity index (χ1n) is 10.9. The first-order chi connectivity index (χ1) is 15.0. The second-order valence-corrected chi connectivity index (χ2v) is 10.8. The van der Waals surface area contributed by atoms with E-state index in [1.165, 1.54) is 27.8 Å². The van der Waals surface area contributed by atoms with Crippen LogP contribution in [0.15, 0.2) is 29.8 Å². The molecule has 0 saturated carbocycles. The number of hydrogen-bond acceptors (Lipinski definition) is 3. The van der Waals surface area contributed by atoms with E-state index in [0.717, 1.165) is 33.1 Å². The molecule has 1 heterocycles. The standard InChI is InChI=1S/C26H29IN2O3/c1-14-11-19-20(24(28)30)12-21(27)23(22(19)15(14)2)18-8-6-7-16-13-29(10-9-17(16)18)25(31)32-26(3,4)5/h6-8,12H,9-11,13H2,1-5H3,(H2,28,30). The van der Waals surface area contributed by atoms with Crippen LogP contribution in [-0.2, 0) is 24.1 Å². The molecule has 0 atom stereocenters. The maximum Gasteiger partial charge on any atom is 0.410 e. The Morgan fingerprint density at radius 3 is 2.50 bits per heavy atom. The Morgan fingerprint density at radius 1 is 1.12 bits per heavy atom. The lowest BCUT2D eigenvalue weighted by molar-refractivity contribution is 0.0224. The smallest absolute Gasteiger partial charge is 0.410 e. The molecule has 1 aliphatic heterocycles. The summed E-state index contributed by atoms with van der Waals surface area (Å²) in [4.78, 5) is 26.6. The zero-order valence-corrected chi connectivity index (χ0v) is 21.4. The van der Waals surface area contributed by atoms with Gasteiger partial charge in [-0.2, -0.15) is 0 Å². The largest absolute Gasteiger partial charge is 0.444 e. The van der Waals surface area contributed by atoms with Crippen LogP contribution >= 0.6 is 22.6 Å².